The Morgan fingerprint density at radius 1 is 1.07 bits per heavy atom. The third-order valence-corrected chi connectivity index (χ3v) is 6.93. The minimum Gasteiger partial charge on any atom is -0.490 e. The van der Waals surface area contributed by atoms with E-state index in [0.717, 1.165) is 12.1 Å². The van der Waals surface area contributed by atoms with Gasteiger partial charge in [0.1, 0.15) is 17.1 Å². The van der Waals surface area contributed by atoms with Gasteiger partial charge in [-0.05, 0) is 50.2 Å². The van der Waals surface area contributed by atoms with Gasteiger partial charge in [-0.15, -0.1) is 0 Å². The number of ether oxygens (including phenoxy) is 1. The maximum atomic E-state index is 12.8. The van der Waals surface area contributed by atoms with E-state index in [1.807, 2.05) is 0 Å². The summed E-state index contributed by atoms with van der Waals surface area (Å²) in [4.78, 5) is 12.1. The summed E-state index contributed by atoms with van der Waals surface area (Å²) >= 11 is 5.94. The first-order valence-electron chi connectivity index (χ1n) is 8.45. The molecule has 0 heterocycles. The zero-order chi connectivity index (χ0) is 21.9. The summed E-state index contributed by atoms with van der Waals surface area (Å²) in [6.07, 6.45) is -4.59. The minimum absolute atomic E-state index is 0.00994. The smallest absolute Gasteiger partial charge is 0.416 e. The molecule has 2 aromatic carbocycles. The number of carbonyl (C=O) groups excluding carboxylic acids is 1. The molecule has 5 nitrogen and oxygen atoms in total. The van der Waals surface area contributed by atoms with E-state index in [9.17, 15) is 26.4 Å². The van der Waals surface area contributed by atoms with E-state index < -0.39 is 32.2 Å². The molecular formula is C19H19ClF3NO4S. The Kier molecular flexibility index (Phi) is 6.85. The number of rotatable bonds is 7. The molecule has 29 heavy (non-hydrogen) atoms. The number of hydrogen-bond acceptors (Lipinski definition) is 4. The fraction of sp³-hybridized carbons (Fsp3) is 0.316. The lowest BCUT2D eigenvalue weighted by Gasteiger charge is -2.24. The largest absolute Gasteiger partial charge is 0.490 e. The van der Waals surface area contributed by atoms with E-state index >= 15 is 0 Å². The quantitative estimate of drug-likeness (QED) is 0.646. The van der Waals surface area contributed by atoms with Crippen LogP contribution >= 0.6 is 11.6 Å². The van der Waals surface area contributed by atoms with E-state index in [4.69, 9.17) is 16.3 Å². The number of para-hydroxylation sites is 1. The minimum atomic E-state index is -4.59. The fourth-order valence-corrected chi connectivity index (χ4v) is 3.93. The molecule has 10 heteroatoms. The highest BCUT2D eigenvalue weighted by molar-refractivity contribution is 7.93. The average Bonchev–Trinajstić information content (AvgIpc) is 2.65. The monoisotopic (exact) mass is 449 g/mol. The summed E-state index contributed by atoms with van der Waals surface area (Å²) in [6, 6.07) is 9.74. The number of halogens is 4. The molecule has 2 aromatic rings. The highest BCUT2D eigenvalue weighted by atomic mass is 35.5. The normalized spacial score (nSPS) is 12.5. The van der Waals surface area contributed by atoms with Crippen molar-refractivity contribution < 1.29 is 31.1 Å². The molecule has 0 spiro atoms. The molecule has 0 radical (unpaired) electrons. The predicted octanol–water partition coefficient (Wildman–Crippen LogP) is 4.11. The Morgan fingerprint density at radius 3 is 2.21 bits per heavy atom. The van der Waals surface area contributed by atoms with Gasteiger partial charge < -0.3 is 10.1 Å². The zero-order valence-corrected chi connectivity index (χ0v) is 17.2. The third-order valence-electron chi connectivity index (χ3n) is 4.19. The number of amides is 1. The molecule has 0 fully saturated rings. The van der Waals surface area contributed by atoms with Crippen LogP contribution in [0, 0.1) is 0 Å². The molecule has 0 aliphatic rings. The van der Waals surface area contributed by atoms with Crippen molar-refractivity contribution in [1.29, 1.82) is 0 Å². The van der Waals surface area contributed by atoms with Crippen molar-refractivity contribution in [3.63, 3.8) is 0 Å². The summed E-state index contributed by atoms with van der Waals surface area (Å²) < 4.78 is 67.0. The number of nitrogens with one attached hydrogen (secondary N) is 1. The number of carbonyl (C=O) groups is 1. The van der Waals surface area contributed by atoms with Crippen LogP contribution < -0.4 is 10.1 Å². The van der Waals surface area contributed by atoms with E-state index in [1.165, 1.54) is 13.8 Å². The second-order valence-electron chi connectivity index (χ2n) is 6.57. The van der Waals surface area contributed by atoms with Gasteiger partial charge in [0.2, 0.25) is 5.91 Å². The van der Waals surface area contributed by atoms with Crippen molar-refractivity contribution in [2.75, 3.05) is 13.2 Å². The van der Waals surface area contributed by atoms with Crippen LogP contribution in [0.4, 0.5) is 13.2 Å². The molecule has 1 amide bonds. The van der Waals surface area contributed by atoms with Crippen LogP contribution in [0.3, 0.4) is 0 Å². The van der Waals surface area contributed by atoms with Gasteiger partial charge in [0, 0.05) is 0 Å². The van der Waals surface area contributed by atoms with Gasteiger partial charge in [-0.3, -0.25) is 4.79 Å². The van der Waals surface area contributed by atoms with Gasteiger partial charge in [0.15, 0.2) is 9.84 Å². The standard InChI is InChI=1S/C19H19ClF3NO4S/c1-18(2,17(25)24-11-12-28-16-6-4-3-5-15(16)20)29(26,27)14-9-7-13(8-10-14)19(21,22)23/h3-10H,11-12H2,1-2H3,(H,24,25). The molecule has 1 N–H and O–H groups in total. The lowest BCUT2D eigenvalue weighted by molar-refractivity contribution is -0.137. The number of hydrogen-bond donors (Lipinski definition) is 1. The van der Waals surface area contributed by atoms with Crippen molar-refractivity contribution in [3.05, 3.63) is 59.1 Å². The molecule has 0 unspecified atom stereocenters. The fourth-order valence-electron chi connectivity index (χ4n) is 2.34. The van der Waals surface area contributed by atoms with Crippen molar-refractivity contribution in [1.82, 2.24) is 5.32 Å². The van der Waals surface area contributed by atoms with Crippen LogP contribution in [0.5, 0.6) is 5.75 Å². The van der Waals surface area contributed by atoms with Crippen LogP contribution in [0.2, 0.25) is 5.02 Å². The SMILES string of the molecule is CC(C)(C(=O)NCCOc1ccccc1Cl)S(=O)(=O)c1ccc(C(F)(F)F)cc1. The summed E-state index contributed by atoms with van der Waals surface area (Å²) in [5.41, 5.74) is -0.976. The molecule has 0 aliphatic carbocycles. The van der Waals surface area contributed by atoms with E-state index in [2.05, 4.69) is 5.32 Å². The lowest BCUT2D eigenvalue weighted by Crippen LogP contribution is -2.48. The number of sulfone groups is 1. The molecule has 0 atom stereocenters. The molecule has 0 aliphatic heterocycles. The van der Waals surface area contributed by atoms with Gasteiger partial charge >= 0.3 is 6.18 Å². The molecule has 0 aromatic heterocycles. The Morgan fingerprint density at radius 2 is 1.66 bits per heavy atom. The van der Waals surface area contributed by atoms with E-state index in [0.29, 0.717) is 22.9 Å². The number of benzene rings is 2. The first-order chi connectivity index (χ1) is 13.4. The van der Waals surface area contributed by atoms with Gasteiger partial charge in [0.05, 0.1) is 22.0 Å². The molecule has 0 saturated heterocycles. The van der Waals surface area contributed by atoms with Crippen LogP contribution in [0.25, 0.3) is 0 Å². The zero-order valence-electron chi connectivity index (χ0n) is 15.6. The highest BCUT2D eigenvalue weighted by Crippen LogP contribution is 2.32. The Labute approximate surface area is 171 Å². The number of alkyl halides is 3. The van der Waals surface area contributed by atoms with Gasteiger partial charge in [0.25, 0.3) is 0 Å². The molecule has 0 saturated carbocycles. The van der Waals surface area contributed by atoms with Crippen molar-refractivity contribution in [2.45, 2.75) is 29.7 Å². The first-order valence-corrected chi connectivity index (χ1v) is 10.3. The molecule has 2 rings (SSSR count). The second kappa shape index (κ2) is 8.62. The van der Waals surface area contributed by atoms with Crippen LogP contribution in [0.1, 0.15) is 19.4 Å². The predicted molar refractivity (Wildman–Crippen MR) is 103 cm³/mol. The van der Waals surface area contributed by atoms with Crippen molar-refractivity contribution >= 4 is 27.3 Å². The summed E-state index contributed by atoms with van der Waals surface area (Å²) in [5.74, 6) is -0.389. The Bertz CT molecular complexity index is 974. The van der Waals surface area contributed by atoms with Gasteiger partial charge in [-0.2, -0.15) is 13.2 Å². The second-order valence-corrected chi connectivity index (χ2v) is 9.48. The van der Waals surface area contributed by atoms with Crippen LogP contribution in [-0.4, -0.2) is 32.2 Å². The lowest BCUT2D eigenvalue weighted by atomic mass is 10.2. The summed E-state index contributed by atoms with van der Waals surface area (Å²) in [7, 11) is -4.24. The van der Waals surface area contributed by atoms with Crippen LogP contribution in [-0.2, 0) is 20.8 Å². The van der Waals surface area contributed by atoms with Crippen molar-refractivity contribution in [2.24, 2.45) is 0 Å². The molecular weight excluding hydrogens is 431 g/mol. The molecule has 158 valence electrons. The van der Waals surface area contributed by atoms with Crippen molar-refractivity contribution in [3.8, 4) is 5.75 Å². The van der Waals surface area contributed by atoms with E-state index in [-0.39, 0.29) is 18.0 Å². The highest BCUT2D eigenvalue weighted by Gasteiger charge is 2.43. The van der Waals surface area contributed by atoms with Gasteiger partial charge in [-0.1, -0.05) is 23.7 Å². The Hall–Kier alpha value is -2.26. The Balaban J connectivity index is 2.03. The maximum absolute atomic E-state index is 12.8. The topological polar surface area (TPSA) is 72.5 Å². The summed E-state index contributed by atoms with van der Waals surface area (Å²) in [6.45, 7) is 2.43. The summed E-state index contributed by atoms with van der Waals surface area (Å²) in [5, 5.41) is 2.85. The third kappa shape index (κ3) is 5.22. The van der Waals surface area contributed by atoms with E-state index in [1.54, 1.807) is 24.3 Å². The van der Waals surface area contributed by atoms with Crippen LogP contribution in [0.15, 0.2) is 53.4 Å². The molecule has 0 bridgehead atoms. The average molecular weight is 450 g/mol. The maximum Gasteiger partial charge on any atom is 0.416 e. The first kappa shape index (κ1) is 23.0. The van der Waals surface area contributed by atoms with Gasteiger partial charge in [-0.25, -0.2) is 8.42 Å².